The van der Waals surface area contributed by atoms with Crippen LogP contribution in [0.1, 0.15) is 6.42 Å². The molecule has 0 aromatic carbocycles. The van der Waals surface area contributed by atoms with Crippen molar-refractivity contribution < 1.29 is 34.1 Å². The van der Waals surface area contributed by atoms with Crippen LogP contribution in [0.25, 0.3) is 0 Å². The van der Waals surface area contributed by atoms with E-state index in [0.29, 0.717) is 0 Å². The summed E-state index contributed by atoms with van der Waals surface area (Å²) in [6.45, 7) is 2.82. The number of carbonyl (C=O) groups excluding carboxylic acids is 3. The summed E-state index contributed by atoms with van der Waals surface area (Å²) < 4.78 is 9.03. The monoisotopic (exact) mass is 244 g/mol. The number of ether oxygens (including phenoxy) is 2. The minimum absolute atomic E-state index is 0.0340. The third-order valence-corrected chi connectivity index (χ3v) is 2.09. The fourth-order valence-electron chi connectivity index (χ4n) is 1.23. The van der Waals surface area contributed by atoms with E-state index >= 15 is 0 Å². The van der Waals surface area contributed by atoms with Crippen molar-refractivity contribution in [3.63, 3.8) is 0 Å². The number of hydrogen-bond acceptors (Lipinski definition) is 7. The molecule has 1 heterocycles. The zero-order chi connectivity index (χ0) is 13.0. The first kappa shape index (κ1) is 13.3. The number of aliphatic hydroxyl groups excluding tert-OH is 2. The van der Waals surface area contributed by atoms with E-state index in [1.165, 1.54) is 6.08 Å². The van der Waals surface area contributed by atoms with E-state index in [2.05, 4.69) is 16.1 Å². The zero-order valence-corrected chi connectivity index (χ0v) is 8.87. The molecular weight excluding hydrogens is 232 g/mol. The summed E-state index contributed by atoms with van der Waals surface area (Å²) in [7, 11) is 0. The highest BCUT2D eigenvalue weighted by Crippen LogP contribution is 2.14. The van der Waals surface area contributed by atoms with Gasteiger partial charge in [0.25, 0.3) is 0 Å². The SMILES string of the molecule is C=CCC(=O)OC[C@H](O)[C@H]1OC(=O)C(O)C1=O. The lowest BCUT2D eigenvalue weighted by Gasteiger charge is -2.15. The third-order valence-electron chi connectivity index (χ3n) is 2.09. The van der Waals surface area contributed by atoms with Crippen molar-refractivity contribution in [2.24, 2.45) is 0 Å². The molecule has 0 spiro atoms. The number of hydrogen-bond donors (Lipinski definition) is 2. The number of rotatable bonds is 5. The van der Waals surface area contributed by atoms with Crippen molar-refractivity contribution in [2.75, 3.05) is 6.61 Å². The summed E-state index contributed by atoms with van der Waals surface area (Å²) in [6, 6.07) is 0. The molecule has 0 bridgehead atoms. The summed E-state index contributed by atoms with van der Waals surface area (Å²) in [4.78, 5) is 33.0. The lowest BCUT2D eigenvalue weighted by atomic mass is 10.1. The van der Waals surface area contributed by atoms with Crippen molar-refractivity contribution in [1.29, 1.82) is 0 Å². The Morgan fingerprint density at radius 2 is 2.24 bits per heavy atom. The predicted molar refractivity (Wildman–Crippen MR) is 52.7 cm³/mol. The lowest BCUT2D eigenvalue weighted by molar-refractivity contribution is -0.156. The number of ketones is 1. The number of carbonyl (C=O) groups is 3. The van der Waals surface area contributed by atoms with Gasteiger partial charge in [0.05, 0.1) is 6.42 Å². The minimum atomic E-state index is -1.88. The van der Waals surface area contributed by atoms with Gasteiger partial charge in [0.15, 0.2) is 6.10 Å². The van der Waals surface area contributed by atoms with Crippen LogP contribution in [0.2, 0.25) is 0 Å². The van der Waals surface area contributed by atoms with Crippen molar-refractivity contribution in [3.8, 4) is 0 Å². The van der Waals surface area contributed by atoms with Crippen LogP contribution in [0.5, 0.6) is 0 Å². The summed E-state index contributed by atoms with van der Waals surface area (Å²) >= 11 is 0. The van der Waals surface area contributed by atoms with Gasteiger partial charge in [-0.1, -0.05) is 6.08 Å². The molecule has 7 heteroatoms. The molecule has 1 aliphatic heterocycles. The van der Waals surface area contributed by atoms with Crippen LogP contribution < -0.4 is 0 Å². The van der Waals surface area contributed by atoms with Crippen LogP contribution >= 0.6 is 0 Å². The molecule has 0 aromatic rings. The van der Waals surface area contributed by atoms with Gasteiger partial charge in [-0.25, -0.2) is 4.79 Å². The summed E-state index contributed by atoms with van der Waals surface area (Å²) in [5, 5.41) is 18.5. The average molecular weight is 244 g/mol. The van der Waals surface area contributed by atoms with Gasteiger partial charge in [-0.05, 0) is 0 Å². The molecule has 0 aromatic heterocycles. The fourth-order valence-corrected chi connectivity index (χ4v) is 1.23. The maximum absolute atomic E-state index is 11.2. The number of Topliss-reactive ketones (excluding diaryl/α,β-unsaturated/α-hetero) is 1. The van der Waals surface area contributed by atoms with Gasteiger partial charge in [-0.15, -0.1) is 6.58 Å². The first-order valence-electron chi connectivity index (χ1n) is 4.84. The van der Waals surface area contributed by atoms with Crippen molar-refractivity contribution >= 4 is 17.7 Å². The molecule has 94 valence electrons. The highest BCUT2D eigenvalue weighted by molar-refractivity contribution is 6.09. The van der Waals surface area contributed by atoms with Crippen molar-refractivity contribution in [1.82, 2.24) is 0 Å². The number of esters is 2. The quantitative estimate of drug-likeness (QED) is 0.337. The third kappa shape index (κ3) is 3.11. The van der Waals surface area contributed by atoms with Crippen LogP contribution in [-0.4, -0.2) is 52.9 Å². The first-order chi connectivity index (χ1) is 7.97. The largest absolute Gasteiger partial charge is 0.463 e. The standard InChI is InChI=1S/C10H12O7/c1-2-3-6(12)16-4-5(11)9-7(13)8(14)10(15)17-9/h2,5,8-9,11,14H,1,3-4H2/t5-,8?,9+/m0/s1. The first-order valence-corrected chi connectivity index (χ1v) is 4.84. The fraction of sp³-hybridized carbons (Fsp3) is 0.500. The Balaban J connectivity index is 2.46. The maximum Gasteiger partial charge on any atom is 0.343 e. The van der Waals surface area contributed by atoms with E-state index in [4.69, 9.17) is 5.11 Å². The van der Waals surface area contributed by atoms with E-state index < -0.39 is 42.6 Å². The topological polar surface area (TPSA) is 110 Å². The smallest absolute Gasteiger partial charge is 0.343 e. The van der Waals surface area contributed by atoms with E-state index in [9.17, 15) is 19.5 Å². The van der Waals surface area contributed by atoms with E-state index in [-0.39, 0.29) is 6.42 Å². The minimum Gasteiger partial charge on any atom is -0.463 e. The molecule has 1 fully saturated rings. The van der Waals surface area contributed by atoms with Gasteiger partial charge in [-0.3, -0.25) is 9.59 Å². The summed E-state index contributed by atoms with van der Waals surface area (Å²) in [5.74, 6) is -2.69. The molecule has 7 nitrogen and oxygen atoms in total. The highest BCUT2D eigenvalue weighted by atomic mass is 16.6. The normalized spacial score (nSPS) is 25.3. The van der Waals surface area contributed by atoms with Gasteiger partial charge < -0.3 is 19.7 Å². The molecule has 0 aliphatic carbocycles. The number of aliphatic hydroxyl groups is 2. The molecule has 0 radical (unpaired) electrons. The van der Waals surface area contributed by atoms with E-state index in [1.807, 2.05) is 0 Å². The Labute approximate surface area is 96.6 Å². The lowest BCUT2D eigenvalue weighted by Crippen LogP contribution is -2.38. The van der Waals surface area contributed by atoms with Gasteiger partial charge in [0, 0.05) is 0 Å². The zero-order valence-electron chi connectivity index (χ0n) is 8.87. The molecule has 0 saturated carbocycles. The Hall–Kier alpha value is -1.73. The highest BCUT2D eigenvalue weighted by Gasteiger charge is 2.46. The molecular formula is C10H12O7. The van der Waals surface area contributed by atoms with Crippen LogP contribution in [0.4, 0.5) is 0 Å². The number of cyclic esters (lactones) is 1. The second-order valence-corrected chi connectivity index (χ2v) is 3.41. The average Bonchev–Trinajstić information content (AvgIpc) is 2.54. The van der Waals surface area contributed by atoms with Gasteiger partial charge in [0.2, 0.25) is 11.9 Å². The Morgan fingerprint density at radius 1 is 1.59 bits per heavy atom. The van der Waals surface area contributed by atoms with Crippen molar-refractivity contribution in [2.45, 2.75) is 24.7 Å². The Kier molecular flexibility index (Phi) is 4.36. The van der Waals surface area contributed by atoms with Crippen LogP contribution in [0.15, 0.2) is 12.7 Å². The molecule has 1 aliphatic rings. The van der Waals surface area contributed by atoms with Crippen molar-refractivity contribution in [3.05, 3.63) is 12.7 Å². The molecule has 1 unspecified atom stereocenters. The van der Waals surface area contributed by atoms with E-state index in [1.54, 1.807) is 0 Å². The van der Waals surface area contributed by atoms with Crippen LogP contribution in [0.3, 0.4) is 0 Å². The van der Waals surface area contributed by atoms with Gasteiger partial charge in [-0.2, -0.15) is 0 Å². The predicted octanol–water partition coefficient (Wildman–Crippen LogP) is -1.68. The van der Waals surface area contributed by atoms with Gasteiger partial charge >= 0.3 is 11.9 Å². The second-order valence-electron chi connectivity index (χ2n) is 3.41. The Morgan fingerprint density at radius 3 is 2.71 bits per heavy atom. The van der Waals surface area contributed by atoms with Gasteiger partial charge in [0.1, 0.15) is 12.7 Å². The summed E-state index contributed by atoms with van der Waals surface area (Å²) in [6.07, 6.45) is -3.57. The van der Waals surface area contributed by atoms with Crippen LogP contribution in [0, 0.1) is 0 Å². The van der Waals surface area contributed by atoms with E-state index in [0.717, 1.165) is 0 Å². The second kappa shape index (κ2) is 5.55. The molecule has 0 amide bonds. The molecule has 17 heavy (non-hydrogen) atoms. The Bertz CT molecular complexity index is 349. The molecule has 1 rings (SSSR count). The maximum atomic E-state index is 11.2. The molecule has 2 N–H and O–H groups in total. The van der Waals surface area contributed by atoms with Crippen LogP contribution in [-0.2, 0) is 23.9 Å². The summed E-state index contributed by atoms with van der Waals surface area (Å²) in [5.41, 5.74) is 0. The molecule has 1 saturated heterocycles. The molecule has 3 atom stereocenters.